The highest BCUT2D eigenvalue weighted by Gasteiger charge is 2.18. The van der Waals surface area contributed by atoms with Crippen molar-refractivity contribution in [1.82, 2.24) is 4.90 Å². The van der Waals surface area contributed by atoms with Crippen LogP contribution in [-0.4, -0.2) is 25.0 Å². The highest BCUT2D eigenvalue weighted by molar-refractivity contribution is 7.12. The number of benzene rings is 1. The number of hydrogen-bond donors (Lipinski definition) is 1. The van der Waals surface area contributed by atoms with Gasteiger partial charge < -0.3 is 5.73 Å². The van der Waals surface area contributed by atoms with Crippen LogP contribution < -0.4 is 5.73 Å². The van der Waals surface area contributed by atoms with Crippen LogP contribution in [0.5, 0.6) is 0 Å². The van der Waals surface area contributed by atoms with Crippen molar-refractivity contribution in [2.45, 2.75) is 26.3 Å². The first-order valence-electron chi connectivity index (χ1n) is 7.13. The second kappa shape index (κ2) is 7.02. The van der Waals surface area contributed by atoms with E-state index < -0.39 is 0 Å². The second-order valence-corrected chi connectivity index (χ2v) is 6.80. The molecular formula is C17H24N2S. The molecule has 0 aliphatic rings. The topological polar surface area (TPSA) is 29.3 Å². The van der Waals surface area contributed by atoms with Crippen LogP contribution in [0.1, 0.15) is 26.9 Å². The third kappa shape index (κ3) is 3.69. The normalized spacial score (nSPS) is 12.8. The summed E-state index contributed by atoms with van der Waals surface area (Å²) in [6.07, 6.45) is 1.07. The zero-order valence-corrected chi connectivity index (χ0v) is 13.4. The first-order chi connectivity index (χ1) is 9.61. The molecule has 2 nitrogen and oxygen atoms in total. The van der Waals surface area contributed by atoms with Gasteiger partial charge in [0.15, 0.2) is 0 Å². The average Bonchev–Trinajstić information content (AvgIpc) is 2.77. The van der Waals surface area contributed by atoms with Crippen molar-refractivity contribution in [3.8, 4) is 0 Å². The molecule has 1 unspecified atom stereocenters. The Morgan fingerprint density at radius 1 is 1.20 bits per heavy atom. The van der Waals surface area contributed by atoms with Gasteiger partial charge in [0.2, 0.25) is 0 Å². The van der Waals surface area contributed by atoms with Crippen molar-refractivity contribution in [2.75, 3.05) is 20.1 Å². The molecular weight excluding hydrogens is 264 g/mol. The number of nitrogens with zero attached hydrogens (tertiary/aromatic N) is 1. The van der Waals surface area contributed by atoms with E-state index in [-0.39, 0.29) is 0 Å². The summed E-state index contributed by atoms with van der Waals surface area (Å²) in [6, 6.07) is 13.2. The van der Waals surface area contributed by atoms with Crippen LogP contribution in [0.4, 0.5) is 0 Å². The summed E-state index contributed by atoms with van der Waals surface area (Å²) in [7, 11) is 2.17. The highest BCUT2D eigenvalue weighted by Crippen LogP contribution is 2.29. The monoisotopic (exact) mass is 288 g/mol. The molecule has 1 aromatic carbocycles. The van der Waals surface area contributed by atoms with Gasteiger partial charge in [-0.3, -0.25) is 4.90 Å². The Bertz CT molecular complexity index is 533. The minimum absolute atomic E-state index is 0.323. The van der Waals surface area contributed by atoms with E-state index in [4.69, 9.17) is 5.73 Å². The molecule has 2 rings (SSSR count). The van der Waals surface area contributed by atoms with Crippen LogP contribution in [0.2, 0.25) is 0 Å². The fourth-order valence-corrected chi connectivity index (χ4v) is 3.61. The number of hydrogen-bond acceptors (Lipinski definition) is 3. The Labute approximate surface area is 126 Å². The molecule has 0 saturated carbocycles. The van der Waals surface area contributed by atoms with Crippen LogP contribution in [0.25, 0.3) is 0 Å². The van der Waals surface area contributed by atoms with Gasteiger partial charge in [0.1, 0.15) is 0 Å². The van der Waals surface area contributed by atoms with Gasteiger partial charge in [-0.1, -0.05) is 30.3 Å². The molecule has 1 aromatic heterocycles. The molecule has 0 aliphatic carbocycles. The molecule has 0 bridgehead atoms. The van der Waals surface area contributed by atoms with Crippen molar-refractivity contribution >= 4 is 11.3 Å². The fourth-order valence-electron chi connectivity index (χ4n) is 2.63. The van der Waals surface area contributed by atoms with Crippen LogP contribution >= 0.6 is 11.3 Å². The summed E-state index contributed by atoms with van der Waals surface area (Å²) >= 11 is 1.86. The summed E-state index contributed by atoms with van der Waals surface area (Å²) in [4.78, 5) is 5.14. The van der Waals surface area contributed by atoms with Crippen LogP contribution in [0, 0.1) is 13.8 Å². The molecule has 1 atom stereocenters. The Hall–Kier alpha value is -1.16. The number of nitrogens with two attached hydrogens (primary N) is 1. The number of likely N-dealkylation sites (N-methyl/N-ethyl adjacent to an activating group) is 1. The quantitative estimate of drug-likeness (QED) is 0.881. The van der Waals surface area contributed by atoms with E-state index in [9.17, 15) is 0 Å². The maximum Gasteiger partial charge on any atom is 0.0478 e. The summed E-state index contributed by atoms with van der Waals surface area (Å²) in [6.45, 7) is 6.06. The molecule has 0 radical (unpaired) electrons. The molecule has 2 N–H and O–H groups in total. The lowest BCUT2D eigenvalue weighted by Crippen LogP contribution is -2.32. The standard InChI is InChI=1S/C17H24N2S/c1-13-11-16(14(2)20-13)17(12-18)19(3)10-9-15-7-5-4-6-8-15/h4-8,11,17H,9-10,12,18H2,1-3H3. The lowest BCUT2D eigenvalue weighted by atomic mass is 10.1. The van der Waals surface area contributed by atoms with Gasteiger partial charge in [0.05, 0.1) is 0 Å². The van der Waals surface area contributed by atoms with Gasteiger partial charge in [-0.25, -0.2) is 0 Å². The van der Waals surface area contributed by atoms with Crippen molar-refractivity contribution in [1.29, 1.82) is 0 Å². The van der Waals surface area contributed by atoms with Gasteiger partial charge in [-0.05, 0) is 44.5 Å². The SMILES string of the molecule is Cc1cc(C(CN)N(C)CCc2ccccc2)c(C)s1. The van der Waals surface area contributed by atoms with Gasteiger partial charge in [-0.15, -0.1) is 11.3 Å². The third-order valence-electron chi connectivity index (χ3n) is 3.79. The predicted molar refractivity (Wildman–Crippen MR) is 88.4 cm³/mol. The number of thiophene rings is 1. The Kier molecular flexibility index (Phi) is 5.35. The van der Waals surface area contributed by atoms with E-state index in [1.54, 1.807) is 0 Å². The first kappa shape index (κ1) is 15.2. The van der Waals surface area contributed by atoms with Gasteiger partial charge in [0.25, 0.3) is 0 Å². The van der Waals surface area contributed by atoms with E-state index in [2.05, 4.69) is 62.2 Å². The number of rotatable bonds is 6. The molecule has 0 aliphatic heterocycles. The lowest BCUT2D eigenvalue weighted by Gasteiger charge is -2.27. The Balaban J connectivity index is 2.02. The zero-order valence-electron chi connectivity index (χ0n) is 12.6. The molecule has 3 heteroatoms. The summed E-state index contributed by atoms with van der Waals surface area (Å²) in [5.74, 6) is 0. The largest absolute Gasteiger partial charge is 0.329 e. The number of aryl methyl sites for hydroxylation is 2. The van der Waals surface area contributed by atoms with E-state index in [0.717, 1.165) is 13.0 Å². The highest BCUT2D eigenvalue weighted by atomic mass is 32.1. The van der Waals surface area contributed by atoms with Crippen molar-refractivity contribution in [3.05, 3.63) is 57.3 Å². The molecule has 1 heterocycles. The third-order valence-corrected chi connectivity index (χ3v) is 4.77. The second-order valence-electron chi connectivity index (χ2n) is 5.34. The van der Waals surface area contributed by atoms with Crippen molar-refractivity contribution in [3.63, 3.8) is 0 Å². The van der Waals surface area contributed by atoms with Gasteiger partial charge >= 0.3 is 0 Å². The zero-order chi connectivity index (χ0) is 14.5. The molecule has 0 fully saturated rings. The molecule has 0 spiro atoms. The van der Waals surface area contributed by atoms with Gasteiger partial charge in [-0.2, -0.15) is 0 Å². The van der Waals surface area contributed by atoms with E-state index in [1.165, 1.54) is 20.9 Å². The summed E-state index contributed by atoms with van der Waals surface area (Å²) in [5, 5.41) is 0. The van der Waals surface area contributed by atoms with E-state index in [0.29, 0.717) is 12.6 Å². The minimum Gasteiger partial charge on any atom is -0.329 e. The van der Waals surface area contributed by atoms with Crippen LogP contribution in [0.15, 0.2) is 36.4 Å². The van der Waals surface area contributed by atoms with Crippen molar-refractivity contribution in [2.24, 2.45) is 5.73 Å². The van der Waals surface area contributed by atoms with Crippen LogP contribution in [-0.2, 0) is 6.42 Å². The van der Waals surface area contributed by atoms with Crippen molar-refractivity contribution < 1.29 is 0 Å². The Morgan fingerprint density at radius 2 is 1.90 bits per heavy atom. The maximum atomic E-state index is 6.02. The molecule has 2 aromatic rings. The Morgan fingerprint density at radius 3 is 2.45 bits per heavy atom. The molecule has 108 valence electrons. The molecule has 0 amide bonds. The summed E-state index contributed by atoms with van der Waals surface area (Å²) in [5.41, 5.74) is 8.79. The molecule has 0 saturated heterocycles. The fraction of sp³-hybridized carbons (Fsp3) is 0.412. The van der Waals surface area contributed by atoms with E-state index >= 15 is 0 Å². The molecule has 20 heavy (non-hydrogen) atoms. The maximum absolute atomic E-state index is 6.02. The lowest BCUT2D eigenvalue weighted by molar-refractivity contribution is 0.253. The first-order valence-corrected chi connectivity index (χ1v) is 7.94. The summed E-state index contributed by atoms with van der Waals surface area (Å²) < 4.78 is 0. The van der Waals surface area contributed by atoms with Gasteiger partial charge in [0, 0.05) is 28.9 Å². The smallest absolute Gasteiger partial charge is 0.0478 e. The minimum atomic E-state index is 0.323. The predicted octanol–water partition coefficient (Wildman–Crippen LogP) is 3.54. The van der Waals surface area contributed by atoms with Crippen LogP contribution in [0.3, 0.4) is 0 Å². The average molecular weight is 288 g/mol. The van der Waals surface area contributed by atoms with E-state index in [1.807, 2.05) is 11.3 Å².